The van der Waals surface area contributed by atoms with Gasteiger partial charge in [0, 0.05) is 0 Å². The molecule has 2 N–H and O–H groups in total. The maximum absolute atomic E-state index is 12.2. The molecule has 6 heteroatoms. The molecule has 24 heavy (non-hydrogen) atoms. The molecule has 2 aromatic rings. The number of amides is 1. The second-order valence-corrected chi connectivity index (χ2v) is 4.95. The first kappa shape index (κ1) is 17.2. The van der Waals surface area contributed by atoms with Crippen LogP contribution in [-0.4, -0.2) is 27.2 Å². The van der Waals surface area contributed by atoms with Gasteiger partial charge in [0.2, 0.25) is 5.76 Å². The first-order valence-electron chi connectivity index (χ1n) is 7.22. The number of aliphatic carboxylic acids is 1. The first-order valence-corrected chi connectivity index (χ1v) is 7.22. The molecule has 2 rings (SSSR count). The molecule has 0 heterocycles. The fourth-order valence-corrected chi connectivity index (χ4v) is 1.91. The lowest BCUT2D eigenvalue weighted by atomic mass is 10.2. The van der Waals surface area contributed by atoms with Gasteiger partial charge < -0.3 is 10.2 Å². The summed E-state index contributed by atoms with van der Waals surface area (Å²) in [7, 11) is 0. The number of benzene rings is 2. The van der Waals surface area contributed by atoms with Crippen LogP contribution in [0.25, 0.3) is 0 Å². The number of rotatable bonds is 7. The number of carboxylic acids is 1. The van der Waals surface area contributed by atoms with E-state index in [-0.39, 0.29) is 13.2 Å². The molecule has 0 fully saturated rings. The van der Waals surface area contributed by atoms with Crippen LogP contribution in [-0.2, 0) is 27.6 Å². The minimum atomic E-state index is -1.58. The van der Waals surface area contributed by atoms with Crippen molar-refractivity contribution in [1.29, 1.82) is 0 Å². The Kier molecular flexibility index (Phi) is 6.10. The van der Waals surface area contributed by atoms with E-state index in [4.69, 9.17) is 9.94 Å². The summed E-state index contributed by atoms with van der Waals surface area (Å²) in [5, 5.41) is 19.0. The van der Waals surface area contributed by atoms with E-state index in [1.807, 2.05) is 60.7 Å². The van der Waals surface area contributed by atoms with E-state index in [2.05, 4.69) is 0 Å². The van der Waals surface area contributed by atoms with Gasteiger partial charge in [0.25, 0.3) is 5.91 Å². The summed E-state index contributed by atoms with van der Waals surface area (Å²) in [4.78, 5) is 28.4. The first-order chi connectivity index (χ1) is 11.6. The zero-order chi connectivity index (χ0) is 17.4. The third-order valence-electron chi connectivity index (χ3n) is 3.12. The van der Waals surface area contributed by atoms with Gasteiger partial charge in [0.05, 0.1) is 12.6 Å². The van der Waals surface area contributed by atoms with Crippen molar-refractivity contribution in [2.45, 2.75) is 13.2 Å². The molecule has 0 unspecified atom stereocenters. The molecule has 0 aliphatic heterocycles. The number of hydroxylamine groups is 2. The number of aliphatic hydroxyl groups excluding tert-OH is 1. The Balaban J connectivity index is 2.12. The van der Waals surface area contributed by atoms with Gasteiger partial charge in [-0.05, 0) is 11.1 Å². The molecule has 0 aliphatic carbocycles. The summed E-state index contributed by atoms with van der Waals surface area (Å²) in [6.07, 6.45) is 0.621. The largest absolute Gasteiger partial charge is 0.502 e. The summed E-state index contributed by atoms with van der Waals surface area (Å²) in [6.45, 7) is 0.261. The smallest absolute Gasteiger partial charge is 0.371 e. The van der Waals surface area contributed by atoms with Gasteiger partial charge in [-0.3, -0.25) is 9.63 Å². The Hall–Kier alpha value is -3.12. The standard InChI is InChI=1S/C18H17NO5/c20-16(18(22)23)11-17(21)19(12-14-7-3-1-4-8-14)24-13-15-9-5-2-6-10-15/h1-11,20H,12-13H2,(H,22,23). The molecule has 0 radical (unpaired) electrons. The summed E-state index contributed by atoms with van der Waals surface area (Å²) in [5.74, 6) is -3.37. The molecule has 0 aliphatic rings. The molecule has 2 aromatic carbocycles. The van der Waals surface area contributed by atoms with Gasteiger partial charge in [-0.1, -0.05) is 60.7 Å². The van der Waals surface area contributed by atoms with Gasteiger partial charge in [-0.25, -0.2) is 9.86 Å². The van der Waals surface area contributed by atoms with Crippen molar-refractivity contribution >= 4 is 11.9 Å². The van der Waals surface area contributed by atoms with Crippen molar-refractivity contribution in [3.8, 4) is 0 Å². The fraction of sp³-hybridized carbons (Fsp3) is 0.111. The molecule has 0 saturated carbocycles. The highest BCUT2D eigenvalue weighted by molar-refractivity contribution is 5.95. The zero-order valence-electron chi connectivity index (χ0n) is 12.8. The fourth-order valence-electron chi connectivity index (χ4n) is 1.91. The topological polar surface area (TPSA) is 87.1 Å². The summed E-state index contributed by atoms with van der Waals surface area (Å²) < 4.78 is 0. The van der Waals surface area contributed by atoms with Crippen LogP contribution in [0.2, 0.25) is 0 Å². The quantitative estimate of drug-likeness (QED) is 0.464. The van der Waals surface area contributed by atoms with E-state index in [1.165, 1.54) is 0 Å². The molecule has 0 saturated heterocycles. The molecule has 0 spiro atoms. The number of nitrogens with zero attached hydrogens (tertiary/aromatic N) is 1. The Bertz CT molecular complexity index is 713. The van der Waals surface area contributed by atoms with Crippen LogP contribution in [0.1, 0.15) is 11.1 Å². The van der Waals surface area contributed by atoms with E-state index < -0.39 is 17.6 Å². The van der Waals surface area contributed by atoms with Crippen LogP contribution in [0.3, 0.4) is 0 Å². The van der Waals surface area contributed by atoms with Crippen molar-refractivity contribution in [2.24, 2.45) is 0 Å². The van der Waals surface area contributed by atoms with Crippen molar-refractivity contribution < 1.29 is 24.6 Å². The molecule has 124 valence electrons. The van der Waals surface area contributed by atoms with Crippen molar-refractivity contribution in [2.75, 3.05) is 0 Å². The third-order valence-corrected chi connectivity index (χ3v) is 3.12. The molecular weight excluding hydrogens is 310 g/mol. The highest BCUT2D eigenvalue weighted by atomic mass is 16.7. The van der Waals surface area contributed by atoms with E-state index in [1.54, 1.807) is 0 Å². The number of hydrogen-bond donors (Lipinski definition) is 2. The number of carbonyl (C=O) groups is 2. The van der Waals surface area contributed by atoms with Gasteiger partial charge >= 0.3 is 5.97 Å². The van der Waals surface area contributed by atoms with Crippen LogP contribution in [0.5, 0.6) is 0 Å². The molecule has 6 nitrogen and oxygen atoms in total. The van der Waals surface area contributed by atoms with Gasteiger partial charge in [0.1, 0.15) is 6.61 Å². The predicted molar refractivity (Wildman–Crippen MR) is 86.6 cm³/mol. The summed E-state index contributed by atoms with van der Waals surface area (Å²) in [5.41, 5.74) is 1.66. The maximum Gasteiger partial charge on any atom is 0.371 e. The Morgan fingerprint density at radius 1 is 0.917 bits per heavy atom. The second-order valence-electron chi connectivity index (χ2n) is 4.95. The van der Waals surface area contributed by atoms with Crippen LogP contribution < -0.4 is 0 Å². The predicted octanol–water partition coefficient (Wildman–Crippen LogP) is 2.67. The van der Waals surface area contributed by atoms with Crippen molar-refractivity contribution in [1.82, 2.24) is 5.06 Å². The van der Waals surface area contributed by atoms with Gasteiger partial charge in [-0.15, -0.1) is 0 Å². The lowest BCUT2D eigenvalue weighted by Crippen LogP contribution is -2.30. The minimum Gasteiger partial charge on any atom is -0.502 e. The Labute approximate surface area is 139 Å². The second kappa shape index (κ2) is 8.50. The van der Waals surface area contributed by atoms with Gasteiger partial charge in [0.15, 0.2) is 0 Å². The van der Waals surface area contributed by atoms with Crippen LogP contribution in [0, 0.1) is 0 Å². The minimum absolute atomic E-state index is 0.121. The monoisotopic (exact) mass is 327 g/mol. The van der Waals surface area contributed by atoms with Crippen LogP contribution in [0.15, 0.2) is 72.5 Å². The lowest BCUT2D eigenvalue weighted by Gasteiger charge is -2.20. The Morgan fingerprint density at radius 3 is 2.00 bits per heavy atom. The summed E-state index contributed by atoms with van der Waals surface area (Å²) in [6, 6.07) is 18.3. The number of aliphatic hydroxyl groups is 1. The van der Waals surface area contributed by atoms with Crippen LogP contribution in [0.4, 0.5) is 0 Å². The highest BCUT2D eigenvalue weighted by Gasteiger charge is 2.16. The number of carbonyl (C=O) groups excluding carboxylic acids is 1. The molecule has 1 amide bonds. The molecule has 0 bridgehead atoms. The normalized spacial score (nSPS) is 11.1. The Morgan fingerprint density at radius 2 is 1.46 bits per heavy atom. The van der Waals surface area contributed by atoms with E-state index in [0.717, 1.165) is 16.2 Å². The SMILES string of the molecule is O=C(O)C(O)=CC(=O)N(Cc1ccccc1)OCc1ccccc1. The number of hydrogen-bond acceptors (Lipinski definition) is 4. The third kappa shape index (κ3) is 5.26. The highest BCUT2D eigenvalue weighted by Crippen LogP contribution is 2.10. The average molecular weight is 327 g/mol. The van der Waals surface area contributed by atoms with E-state index in [0.29, 0.717) is 6.08 Å². The molecule has 0 atom stereocenters. The van der Waals surface area contributed by atoms with Gasteiger partial charge in [-0.2, -0.15) is 0 Å². The van der Waals surface area contributed by atoms with Crippen LogP contribution >= 0.6 is 0 Å². The van der Waals surface area contributed by atoms with Crippen molar-refractivity contribution in [3.63, 3.8) is 0 Å². The molecule has 0 aromatic heterocycles. The number of carboxylic acid groups (broad SMARTS) is 1. The average Bonchev–Trinajstić information content (AvgIpc) is 2.60. The maximum atomic E-state index is 12.2. The van der Waals surface area contributed by atoms with Crippen molar-refractivity contribution in [3.05, 3.63) is 83.6 Å². The summed E-state index contributed by atoms with van der Waals surface area (Å²) >= 11 is 0. The van der Waals surface area contributed by atoms with E-state index in [9.17, 15) is 14.7 Å². The lowest BCUT2D eigenvalue weighted by molar-refractivity contribution is -0.190. The van der Waals surface area contributed by atoms with E-state index >= 15 is 0 Å². The zero-order valence-corrected chi connectivity index (χ0v) is 12.8. The molecular formula is C18H17NO5.